The van der Waals surface area contributed by atoms with Gasteiger partial charge in [-0.05, 0) is 55.3 Å². The molecule has 4 rings (SSSR count). The van der Waals surface area contributed by atoms with Crippen molar-refractivity contribution in [1.82, 2.24) is 0 Å². The minimum absolute atomic E-state index is 0.159. The van der Waals surface area contributed by atoms with Gasteiger partial charge in [-0.15, -0.1) is 0 Å². The van der Waals surface area contributed by atoms with Crippen LogP contribution in [0.3, 0.4) is 0 Å². The van der Waals surface area contributed by atoms with Crippen LogP contribution in [0.15, 0.2) is 71.6 Å². The summed E-state index contributed by atoms with van der Waals surface area (Å²) in [6, 6.07) is 19.0. The molecule has 164 valence electrons. The van der Waals surface area contributed by atoms with Gasteiger partial charge < -0.3 is 5.32 Å². The van der Waals surface area contributed by atoms with Crippen molar-refractivity contribution in [3.63, 3.8) is 0 Å². The Balaban J connectivity index is 1.99. The number of fused-ring (bicyclic) bond motifs is 1. The van der Waals surface area contributed by atoms with Crippen LogP contribution >= 0.6 is 23.2 Å². The number of benzene rings is 3. The maximum atomic E-state index is 13.7. The molecule has 1 aliphatic heterocycles. The van der Waals surface area contributed by atoms with Gasteiger partial charge in [-0.25, -0.2) is 8.42 Å². The minimum atomic E-state index is -4.15. The van der Waals surface area contributed by atoms with Crippen LogP contribution in [0.25, 0.3) is 5.57 Å². The predicted octanol–water partition coefficient (Wildman–Crippen LogP) is 5.87. The van der Waals surface area contributed by atoms with Gasteiger partial charge in [-0.2, -0.15) is 0 Å². The third kappa shape index (κ3) is 3.90. The van der Waals surface area contributed by atoms with E-state index in [2.05, 4.69) is 5.32 Å². The van der Waals surface area contributed by atoms with E-state index in [1.165, 1.54) is 4.31 Å². The Hall–Kier alpha value is -2.80. The number of carbonyl (C=O) groups is 1. The van der Waals surface area contributed by atoms with Crippen LogP contribution in [-0.2, 0) is 14.8 Å². The zero-order valence-corrected chi connectivity index (χ0v) is 19.7. The first-order valence-corrected chi connectivity index (χ1v) is 12.1. The summed E-state index contributed by atoms with van der Waals surface area (Å²) in [4.78, 5) is 13.1. The van der Waals surface area contributed by atoms with E-state index in [4.69, 9.17) is 23.2 Å². The zero-order chi connectivity index (χ0) is 23.0. The molecule has 5 nitrogen and oxygen atoms in total. The van der Waals surface area contributed by atoms with Crippen LogP contribution in [0.4, 0.5) is 11.4 Å². The number of rotatable bonds is 4. The fourth-order valence-electron chi connectivity index (χ4n) is 3.74. The van der Waals surface area contributed by atoms with Gasteiger partial charge in [-0.1, -0.05) is 59.6 Å². The molecule has 1 aliphatic rings. The largest absolute Gasteiger partial charge is 0.321 e. The Morgan fingerprint density at radius 3 is 2.38 bits per heavy atom. The van der Waals surface area contributed by atoms with E-state index >= 15 is 0 Å². The second-order valence-corrected chi connectivity index (χ2v) is 9.96. The van der Waals surface area contributed by atoms with Gasteiger partial charge in [0.25, 0.3) is 15.9 Å². The number of hydrogen-bond donors (Lipinski definition) is 1. The maximum Gasteiger partial charge on any atom is 0.270 e. The molecule has 3 aromatic rings. The van der Waals surface area contributed by atoms with Gasteiger partial charge in [0.1, 0.15) is 0 Å². The first kappa shape index (κ1) is 22.4. The maximum absolute atomic E-state index is 13.7. The quantitative estimate of drug-likeness (QED) is 0.501. The van der Waals surface area contributed by atoms with Crippen molar-refractivity contribution in [2.24, 2.45) is 0 Å². The molecular formula is C24H20Cl2N2O3S. The number of sulfonamides is 1. The van der Waals surface area contributed by atoms with Crippen LogP contribution in [0.2, 0.25) is 10.0 Å². The van der Waals surface area contributed by atoms with Crippen molar-refractivity contribution in [3.8, 4) is 0 Å². The third-order valence-electron chi connectivity index (χ3n) is 5.26. The van der Waals surface area contributed by atoms with Gasteiger partial charge in [0.05, 0.1) is 5.69 Å². The van der Waals surface area contributed by atoms with Gasteiger partial charge >= 0.3 is 0 Å². The summed E-state index contributed by atoms with van der Waals surface area (Å²) in [5.74, 6) is -0.743. The van der Waals surface area contributed by atoms with Gasteiger partial charge in [-0.3, -0.25) is 9.10 Å². The van der Waals surface area contributed by atoms with Crippen LogP contribution in [0, 0.1) is 6.92 Å². The predicted molar refractivity (Wildman–Crippen MR) is 131 cm³/mol. The topological polar surface area (TPSA) is 66.5 Å². The van der Waals surface area contributed by atoms with Crippen LogP contribution in [0.1, 0.15) is 23.6 Å². The summed E-state index contributed by atoms with van der Waals surface area (Å²) < 4.78 is 28.6. The molecule has 1 heterocycles. The molecule has 0 saturated carbocycles. The van der Waals surface area contributed by atoms with E-state index in [1.54, 1.807) is 67.6 Å². The van der Waals surface area contributed by atoms with Crippen LogP contribution in [0.5, 0.6) is 0 Å². The lowest BCUT2D eigenvalue weighted by molar-refractivity contribution is -0.112. The average Bonchev–Trinajstić information content (AvgIpc) is 2.76. The minimum Gasteiger partial charge on any atom is -0.321 e. The zero-order valence-electron chi connectivity index (χ0n) is 17.4. The second kappa shape index (κ2) is 8.62. The molecule has 1 amide bonds. The van der Waals surface area contributed by atoms with Gasteiger partial charge in [0, 0.05) is 33.4 Å². The number of anilines is 2. The lowest BCUT2D eigenvalue weighted by Crippen LogP contribution is -2.39. The molecular weight excluding hydrogens is 467 g/mol. The van der Waals surface area contributed by atoms with Crippen molar-refractivity contribution >= 4 is 56.1 Å². The standard InChI is InChI=1S/C24H20Cl2N2O3S/c1-3-28-21-12-10-17(25)13-19(21)22(16-7-5-4-6-8-16)23(32(28,30)31)24(29)27-18-11-9-15(2)20(26)14-18/h4-14H,3H2,1-2H3,(H,27,29). The summed E-state index contributed by atoms with van der Waals surface area (Å²) in [5, 5.41) is 3.62. The molecule has 0 spiro atoms. The lowest BCUT2D eigenvalue weighted by atomic mass is 9.95. The molecule has 0 fully saturated rings. The molecule has 8 heteroatoms. The first-order chi connectivity index (χ1) is 15.2. The van der Waals surface area contributed by atoms with E-state index in [1.807, 2.05) is 13.0 Å². The highest BCUT2D eigenvalue weighted by atomic mass is 35.5. The van der Waals surface area contributed by atoms with E-state index in [-0.39, 0.29) is 11.4 Å². The Labute approximate surface area is 197 Å². The van der Waals surface area contributed by atoms with E-state index in [0.29, 0.717) is 38.1 Å². The second-order valence-electron chi connectivity index (χ2n) is 7.32. The molecule has 0 aliphatic carbocycles. The summed E-state index contributed by atoms with van der Waals surface area (Å²) in [6.07, 6.45) is 0. The Morgan fingerprint density at radius 2 is 1.72 bits per heavy atom. The van der Waals surface area contributed by atoms with Crippen molar-refractivity contribution in [2.45, 2.75) is 13.8 Å². The molecule has 0 aromatic heterocycles. The van der Waals surface area contributed by atoms with Gasteiger partial charge in [0.15, 0.2) is 4.91 Å². The molecule has 0 unspecified atom stereocenters. The number of nitrogens with one attached hydrogen (secondary N) is 1. The molecule has 0 radical (unpaired) electrons. The average molecular weight is 487 g/mol. The highest BCUT2D eigenvalue weighted by molar-refractivity contribution is 7.97. The summed E-state index contributed by atoms with van der Waals surface area (Å²) in [7, 11) is -4.15. The summed E-state index contributed by atoms with van der Waals surface area (Å²) in [6.45, 7) is 3.72. The van der Waals surface area contributed by atoms with Crippen molar-refractivity contribution in [3.05, 3.63) is 98.4 Å². The van der Waals surface area contributed by atoms with E-state index in [0.717, 1.165) is 5.56 Å². The van der Waals surface area contributed by atoms with Crippen molar-refractivity contribution < 1.29 is 13.2 Å². The molecule has 0 atom stereocenters. The number of amides is 1. The molecule has 0 bridgehead atoms. The lowest BCUT2D eigenvalue weighted by Gasteiger charge is -2.33. The third-order valence-corrected chi connectivity index (χ3v) is 7.84. The Bertz CT molecular complexity index is 1350. The molecule has 0 saturated heterocycles. The molecule has 1 N–H and O–H groups in total. The summed E-state index contributed by atoms with van der Waals surface area (Å²) >= 11 is 12.5. The van der Waals surface area contributed by atoms with Crippen molar-refractivity contribution in [1.29, 1.82) is 0 Å². The SMILES string of the molecule is CCN1c2ccc(Cl)cc2C(c2ccccc2)=C(C(=O)Nc2ccc(C)c(Cl)c2)S1(=O)=O. The van der Waals surface area contributed by atoms with Crippen LogP contribution in [-0.4, -0.2) is 20.9 Å². The number of nitrogens with zero attached hydrogens (tertiary/aromatic N) is 1. The van der Waals surface area contributed by atoms with Gasteiger partial charge in [0.2, 0.25) is 0 Å². The van der Waals surface area contributed by atoms with Crippen molar-refractivity contribution in [2.75, 3.05) is 16.2 Å². The van der Waals surface area contributed by atoms with E-state index in [9.17, 15) is 13.2 Å². The number of hydrogen-bond acceptors (Lipinski definition) is 3. The highest BCUT2D eigenvalue weighted by Gasteiger charge is 2.40. The molecule has 3 aromatic carbocycles. The first-order valence-electron chi connectivity index (χ1n) is 9.94. The molecule has 32 heavy (non-hydrogen) atoms. The smallest absolute Gasteiger partial charge is 0.270 e. The fourth-order valence-corrected chi connectivity index (χ4v) is 5.84. The Kier molecular flexibility index (Phi) is 6.03. The number of halogens is 2. The Morgan fingerprint density at radius 1 is 1.00 bits per heavy atom. The number of carbonyl (C=O) groups excluding carboxylic acids is 1. The van der Waals surface area contributed by atoms with Crippen LogP contribution < -0.4 is 9.62 Å². The normalized spacial score (nSPS) is 14.8. The van der Waals surface area contributed by atoms with E-state index < -0.39 is 15.9 Å². The highest BCUT2D eigenvalue weighted by Crippen LogP contribution is 2.44. The summed E-state index contributed by atoms with van der Waals surface area (Å²) in [5.41, 5.74) is 3.21. The fraction of sp³-hybridized carbons (Fsp3) is 0.125. The monoisotopic (exact) mass is 486 g/mol. The number of aryl methyl sites for hydroxylation is 1.